The molecule has 138 valence electrons. The summed E-state index contributed by atoms with van der Waals surface area (Å²) in [5.41, 5.74) is 7.04. The summed E-state index contributed by atoms with van der Waals surface area (Å²) in [6.45, 7) is 3.10. The maximum Gasteiger partial charge on any atom is 0.222 e. The van der Waals surface area contributed by atoms with Crippen LogP contribution in [0.5, 0.6) is 0 Å². The van der Waals surface area contributed by atoms with E-state index in [9.17, 15) is 4.79 Å². The molecule has 26 heavy (non-hydrogen) atoms. The van der Waals surface area contributed by atoms with Gasteiger partial charge in [0.25, 0.3) is 0 Å². The van der Waals surface area contributed by atoms with Crippen molar-refractivity contribution in [3.63, 3.8) is 0 Å². The van der Waals surface area contributed by atoms with Gasteiger partial charge in [0.05, 0.1) is 0 Å². The lowest BCUT2D eigenvalue weighted by Gasteiger charge is -2.23. The van der Waals surface area contributed by atoms with E-state index in [4.69, 9.17) is 5.73 Å². The van der Waals surface area contributed by atoms with Crippen molar-refractivity contribution in [1.82, 2.24) is 19.9 Å². The average molecular weight is 372 g/mol. The van der Waals surface area contributed by atoms with Gasteiger partial charge in [-0.15, -0.1) is 0 Å². The van der Waals surface area contributed by atoms with Crippen LogP contribution in [0.3, 0.4) is 0 Å². The van der Waals surface area contributed by atoms with Crippen LogP contribution in [0.25, 0.3) is 0 Å². The number of hydrogen-bond acceptors (Lipinski definition) is 7. The Labute approximate surface area is 158 Å². The molecule has 0 saturated carbocycles. The van der Waals surface area contributed by atoms with Crippen LogP contribution in [0.15, 0.2) is 35.7 Å². The summed E-state index contributed by atoms with van der Waals surface area (Å²) in [5, 5.41) is 0.675. The molecule has 3 rings (SSSR count). The van der Waals surface area contributed by atoms with E-state index in [1.807, 2.05) is 23.3 Å². The number of hydrogen-bond donors (Lipinski definition) is 1. The lowest BCUT2D eigenvalue weighted by atomic mass is 10.1. The summed E-state index contributed by atoms with van der Waals surface area (Å²) >= 11 is 1.48. The van der Waals surface area contributed by atoms with Gasteiger partial charge in [0.1, 0.15) is 11.6 Å². The number of rotatable bonds is 5. The van der Waals surface area contributed by atoms with Crippen molar-refractivity contribution in [1.29, 1.82) is 0 Å². The fourth-order valence-electron chi connectivity index (χ4n) is 3.04. The molecule has 1 fully saturated rings. The van der Waals surface area contributed by atoms with Crippen molar-refractivity contribution < 1.29 is 4.79 Å². The molecule has 1 aliphatic rings. The molecule has 1 amide bonds. The molecular weight excluding hydrogens is 348 g/mol. The fourth-order valence-corrected chi connectivity index (χ4v) is 3.42. The molecule has 2 aromatic rings. The molecule has 3 heterocycles. The number of amides is 1. The van der Waals surface area contributed by atoms with Crippen LogP contribution in [0.1, 0.15) is 18.4 Å². The number of carbonyl (C=O) groups excluding carboxylic acids is 1. The van der Waals surface area contributed by atoms with Crippen molar-refractivity contribution >= 4 is 29.3 Å². The highest BCUT2D eigenvalue weighted by Gasteiger charge is 2.20. The number of pyridine rings is 1. The summed E-state index contributed by atoms with van der Waals surface area (Å²) < 4.78 is 0. The van der Waals surface area contributed by atoms with Crippen LogP contribution in [-0.4, -0.2) is 58.2 Å². The molecule has 0 aromatic carbocycles. The van der Waals surface area contributed by atoms with E-state index >= 15 is 0 Å². The topological polar surface area (TPSA) is 88.2 Å². The molecule has 2 aromatic heterocycles. The molecule has 0 bridgehead atoms. The summed E-state index contributed by atoms with van der Waals surface area (Å²) in [6, 6.07) is 5.72. The van der Waals surface area contributed by atoms with Crippen LogP contribution < -0.4 is 10.6 Å². The molecule has 0 radical (unpaired) electrons. The standard InChI is InChI=1S/C18H24N6OS/c1-26-18-21-15(19)13-16(22-18)23-9-2-10-24(12-11-23)17(25)4-3-14-5-7-20-8-6-14/h5-8,13H,2-4,9-12H2,1H3,(H2,19,21,22). The van der Waals surface area contributed by atoms with Gasteiger partial charge in [-0.1, -0.05) is 11.8 Å². The highest BCUT2D eigenvalue weighted by Crippen LogP contribution is 2.20. The first-order valence-corrected chi connectivity index (χ1v) is 9.98. The van der Waals surface area contributed by atoms with Gasteiger partial charge >= 0.3 is 0 Å². The number of thioether (sulfide) groups is 1. The van der Waals surface area contributed by atoms with Crippen molar-refractivity contribution in [3.8, 4) is 0 Å². The second-order valence-electron chi connectivity index (χ2n) is 6.21. The maximum atomic E-state index is 12.6. The predicted molar refractivity (Wildman–Crippen MR) is 104 cm³/mol. The first-order chi connectivity index (χ1) is 12.7. The number of carbonyl (C=O) groups is 1. The molecule has 1 aliphatic heterocycles. The third-order valence-electron chi connectivity index (χ3n) is 4.44. The Hall–Kier alpha value is -2.35. The highest BCUT2D eigenvalue weighted by atomic mass is 32.2. The van der Waals surface area contributed by atoms with Gasteiger partial charge in [-0.05, 0) is 36.8 Å². The van der Waals surface area contributed by atoms with E-state index in [0.717, 1.165) is 43.9 Å². The second kappa shape index (κ2) is 8.84. The van der Waals surface area contributed by atoms with Crippen molar-refractivity contribution in [2.24, 2.45) is 0 Å². The number of nitrogen functional groups attached to an aromatic ring is 1. The number of nitrogens with two attached hydrogens (primary N) is 1. The summed E-state index contributed by atoms with van der Waals surface area (Å²) in [7, 11) is 0. The van der Waals surface area contributed by atoms with E-state index < -0.39 is 0 Å². The van der Waals surface area contributed by atoms with Gasteiger partial charge in [-0.3, -0.25) is 9.78 Å². The quantitative estimate of drug-likeness (QED) is 0.633. The SMILES string of the molecule is CSc1nc(N)cc(N2CCCN(C(=O)CCc3ccncc3)CC2)n1. The highest BCUT2D eigenvalue weighted by molar-refractivity contribution is 7.98. The molecule has 0 spiro atoms. The first-order valence-electron chi connectivity index (χ1n) is 8.76. The summed E-state index contributed by atoms with van der Waals surface area (Å²) in [5.74, 6) is 1.53. The van der Waals surface area contributed by atoms with Gasteiger partial charge in [-0.25, -0.2) is 9.97 Å². The number of anilines is 2. The fraction of sp³-hybridized carbons (Fsp3) is 0.444. The zero-order chi connectivity index (χ0) is 18.4. The van der Waals surface area contributed by atoms with E-state index in [0.29, 0.717) is 23.9 Å². The third-order valence-corrected chi connectivity index (χ3v) is 4.99. The zero-order valence-corrected chi connectivity index (χ0v) is 15.8. The largest absolute Gasteiger partial charge is 0.383 e. The normalized spacial score (nSPS) is 15.0. The minimum atomic E-state index is 0.204. The molecule has 0 aliphatic carbocycles. The van der Waals surface area contributed by atoms with Crippen LogP contribution in [0.2, 0.25) is 0 Å². The van der Waals surface area contributed by atoms with E-state index in [1.54, 1.807) is 18.5 Å². The van der Waals surface area contributed by atoms with Gasteiger partial charge in [0.2, 0.25) is 5.91 Å². The van der Waals surface area contributed by atoms with Gasteiger partial charge < -0.3 is 15.5 Å². The second-order valence-corrected chi connectivity index (χ2v) is 6.99. The lowest BCUT2D eigenvalue weighted by molar-refractivity contribution is -0.130. The first kappa shape index (κ1) is 18.4. The van der Waals surface area contributed by atoms with E-state index in [1.165, 1.54) is 11.8 Å². The monoisotopic (exact) mass is 372 g/mol. The zero-order valence-electron chi connectivity index (χ0n) is 15.0. The van der Waals surface area contributed by atoms with Crippen LogP contribution in [0.4, 0.5) is 11.6 Å². The molecule has 2 N–H and O–H groups in total. The Balaban J connectivity index is 1.57. The van der Waals surface area contributed by atoms with E-state index in [2.05, 4.69) is 19.9 Å². The predicted octanol–water partition coefficient (Wildman–Crippen LogP) is 1.85. The van der Waals surface area contributed by atoms with Crippen LogP contribution in [0, 0.1) is 0 Å². The Morgan fingerprint density at radius 3 is 2.77 bits per heavy atom. The molecule has 7 nitrogen and oxygen atoms in total. The molecule has 0 atom stereocenters. The minimum Gasteiger partial charge on any atom is -0.383 e. The van der Waals surface area contributed by atoms with Gasteiger partial charge in [-0.2, -0.15) is 0 Å². The van der Waals surface area contributed by atoms with Crippen LogP contribution in [-0.2, 0) is 11.2 Å². The van der Waals surface area contributed by atoms with Gasteiger partial charge in [0, 0.05) is 51.1 Å². The Kier molecular flexibility index (Phi) is 6.27. The minimum absolute atomic E-state index is 0.204. The smallest absolute Gasteiger partial charge is 0.222 e. The van der Waals surface area contributed by atoms with E-state index in [-0.39, 0.29) is 5.91 Å². The molecular formula is C18H24N6OS. The Bertz CT molecular complexity index is 742. The molecule has 0 unspecified atom stereocenters. The number of aryl methyl sites for hydroxylation is 1. The molecule has 8 heteroatoms. The van der Waals surface area contributed by atoms with Crippen molar-refractivity contribution in [2.45, 2.75) is 24.4 Å². The Morgan fingerprint density at radius 1 is 1.19 bits per heavy atom. The number of aromatic nitrogens is 3. The number of nitrogens with zero attached hydrogens (tertiary/aromatic N) is 5. The molecule has 1 saturated heterocycles. The van der Waals surface area contributed by atoms with Crippen molar-refractivity contribution in [2.75, 3.05) is 43.1 Å². The summed E-state index contributed by atoms with van der Waals surface area (Å²) in [6.07, 6.45) is 7.66. The summed E-state index contributed by atoms with van der Waals surface area (Å²) in [4.78, 5) is 29.5. The average Bonchev–Trinajstić information content (AvgIpc) is 2.93. The lowest BCUT2D eigenvalue weighted by Crippen LogP contribution is -2.35. The van der Waals surface area contributed by atoms with Crippen LogP contribution >= 0.6 is 11.8 Å². The van der Waals surface area contributed by atoms with Crippen molar-refractivity contribution in [3.05, 3.63) is 36.2 Å². The Morgan fingerprint density at radius 2 is 2.00 bits per heavy atom. The third kappa shape index (κ3) is 4.85. The van der Waals surface area contributed by atoms with Gasteiger partial charge in [0.15, 0.2) is 5.16 Å². The maximum absolute atomic E-state index is 12.6.